The number of amides is 2. The molecule has 0 bridgehead atoms. The summed E-state index contributed by atoms with van der Waals surface area (Å²) in [5.41, 5.74) is 1.82. The van der Waals surface area contributed by atoms with Crippen LogP contribution in [0.4, 0.5) is 0 Å². The van der Waals surface area contributed by atoms with Crippen molar-refractivity contribution in [2.45, 2.75) is 46.7 Å². The Bertz CT molecular complexity index is 526. The monoisotopic (exact) mass is 333 g/mol. The van der Waals surface area contributed by atoms with Crippen molar-refractivity contribution in [3.63, 3.8) is 0 Å². The zero-order valence-electron chi connectivity index (χ0n) is 15.6. The van der Waals surface area contributed by atoms with Gasteiger partial charge in [-0.3, -0.25) is 14.5 Å². The highest BCUT2D eigenvalue weighted by Crippen LogP contribution is 2.12. The van der Waals surface area contributed by atoms with E-state index in [9.17, 15) is 9.59 Å². The summed E-state index contributed by atoms with van der Waals surface area (Å²) in [6.07, 6.45) is 0.820. The predicted molar refractivity (Wildman–Crippen MR) is 97.9 cm³/mol. The molecule has 5 heteroatoms. The summed E-state index contributed by atoms with van der Waals surface area (Å²) in [5, 5.41) is 2.57. The van der Waals surface area contributed by atoms with Crippen LogP contribution in [0, 0.1) is 0 Å². The molecule has 0 aliphatic carbocycles. The highest BCUT2D eigenvalue weighted by molar-refractivity contribution is 5.96. The fraction of sp³-hybridized carbons (Fsp3) is 0.579. The molecule has 0 saturated heterocycles. The lowest BCUT2D eigenvalue weighted by molar-refractivity contribution is -0.121. The first kappa shape index (κ1) is 20.2. The van der Waals surface area contributed by atoms with Crippen LogP contribution in [0.2, 0.25) is 0 Å². The van der Waals surface area contributed by atoms with Gasteiger partial charge in [-0.2, -0.15) is 0 Å². The van der Waals surface area contributed by atoms with Gasteiger partial charge in [-0.25, -0.2) is 0 Å². The van der Waals surface area contributed by atoms with Gasteiger partial charge < -0.3 is 10.2 Å². The minimum Gasteiger partial charge on any atom is -0.358 e. The second-order valence-electron chi connectivity index (χ2n) is 6.25. The van der Waals surface area contributed by atoms with E-state index in [1.165, 1.54) is 5.56 Å². The molecule has 0 saturated carbocycles. The number of carbonyl (C=O) groups is 2. The summed E-state index contributed by atoms with van der Waals surface area (Å²) in [7, 11) is 1.58. The number of benzene rings is 1. The van der Waals surface area contributed by atoms with E-state index in [0.29, 0.717) is 18.2 Å². The highest BCUT2D eigenvalue weighted by Gasteiger charge is 2.17. The Kier molecular flexibility index (Phi) is 8.47. The summed E-state index contributed by atoms with van der Waals surface area (Å²) in [5.74, 6) is -0.243. The molecule has 0 radical (unpaired) electrons. The minimum atomic E-state index is -0.149. The van der Waals surface area contributed by atoms with Gasteiger partial charge in [-0.05, 0) is 44.5 Å². The zero-order valence-corrected chi connectivity index (χ0v) is 15.6. The molecule has 1 N–H and O–H groups in total. The second kappa shape index (κ2) is 10.1. The maximum atomic E-state index is 12.6. The van der Waals surface area contributed by atoms with E-state index in [-0.39, 0.29) is 18.4 Å². The predicted octanol–water partition coefficient (Wildman–Crippen LogP) is 2.52. The lowest BCUT2D eigenvalue weighted by atomic mass is 10.1. The van der Waals surface area contributed by atoms with E-state index < -0.39 is 0 Å². The molecule has 1 rings (SSSR count). The van der Waals surface area contributed by atoms with Crippen LogP contribution in [-0.4, -0.2) is 54.3 Å². The summed E-state index contributed by atoms with van der Waals surface area (Å²) >= 11 is 0. The molecule has 0 spiro atoms. The van der Waals surface area contributed by atoms with Crippen LogP contribution in [0.1, 0.15) is 50.0 Å². The highest BCUT2D eigenvalue weighted by atomic mass is 16.2. The molecule has 1 aromatic carbocycles. The topological polar surface area (TPSA) is 52.7 Å². The maximum absolute atomic E-state index is 12.6. The van der Waals surface area contributed by atoms with E-state index in [0.717, 1.165) is 19.5 Å². The van der Waals surface area contributed by atoms with Gasteiger partial charge >= 0.3 is 0 Å². The summed E-state index contributed by atoms with van der Waals surface area (Å²) in [4.78, 5) is 28.2. The Labute approximate surface area is 146 Å². The SMILES string of the molecule is CCCN(CC(=O)NC)C(=O)c1ccc(CN(CC)C(C)C)cc1. The first-order valence-electron chi connectivity index (χ1n) is 8.75. The van der Waals surface area contributed by atoms with E-state index in [4.69, 9.17) is 0 Å². The van der Waals surface area contributed by atoms with E-state index in [1.807, 2.05) is 31.2 Å². The molecule has 5 nitrogen and oxygen atoms in total. The Balaban J connectivity index is 2.81. The largest absolute Gasteiger partial charge is 0.358 e. The number of likely N-dealkylation sites (N-methyl/N-ethyl adjacent to an activating group) is 1. The molecule has 0 unspecified atom stereocenters. The number of hydrogen-bond donors (Lipinski definition) is 1. The molecular formula is C19H31N3O2. The molecule has 0 heterocycles. The van der Waals surface area contributed by atoms with Crippen molar-refractivity contribution >= 4 is 11.8 Å². The fourth-order valence-corrected chi connectivity index (χ4v) is 2.60. The first-order chi connectivity index (χ1) is 11.4. The molecule has 0 aromatic heterocycles. The Morgan fingerprint density at radius 3 is 2.21 bits per heavy atom. The molecule has 1 aromatic rings. The van der Waals surface area contributed by atoms with Gasteiger partial charge in [0, 0.05) is 31.7 Å². The summed E-state index contributed by atoms with van der Waals surface area (Å²) in [6, 6.07) is 8.21. The van der Waals surface area contributed by atoms with Crippen LogP contribution in [0.25, 0.3) is 0 Å². The Morgan fingerprint density at radius 2 is 1.75 bits per heavy atom. The molecule has 0 fully saturated rings. The van der Waals surface area contributed by atoms with Crippen molar-refractivity contribution in [1.29, 1.82) is 0 Å². The standard InChI is InChI=1S/C19H31N3O2/c1-6-12-22(14-18(23)20-5)19(24)17-10-8-16(9-11-17)13-21(7-2)15(3)4/h8-11,15H,6-7,12-14H2,1-5H3,(H,20,23). The van der Waals surface area contributed by atoms with Crippen LogP contribution < -0.4 is 5.32 Å². The molecule has 2 amide bonds. The number of rotatable bonds is 9. The van der Waals surface area contributed by atoms with E-state index >= 15 is 0 Å². The van der Waals surface area contributed by atoms with Crippen LogP contribution >= 0.6 is 0 Å². The molecule has 0 aliphatic rings. The van der Waals surface area contributed by atoms with Gasteiger partial charge in [0.2, 0.25) is 5.91 Å². The third kappa shape index (κ3) is 5.96. The van der Waals surface area contributed by atoms with Gasteiger partial charge in [0.1, 0.15) is 0 Å². The van der Waals surface area contributed by atoms with Crippen molar-refractivity contribution in [1.82, 2.24) is 15.1 Å². The average molecular weight is 333 g/mol. The first-order valence-corrected chi connectivity index (χ1v) is 8.75. The number of hydrogen-bond acceptors (Lipinski definition) is 3. The molecular weight excluding hydrogens is 302 g/mol. The Morgan fingerprint density at radius 1 is 1.12 bits per heavy atom. The fourth-order valence-electron chi connectivity index (χ4n) is 2.60. The van der Waals surface area contributed by atoms with Gasteiger partial charge in [0.15, 0.2) is 0 Å². The third-order valence-electron chi connectivity index (χ3n) is 4.12. The van der Waals surface area contributed by atoms with Crippen molar-refractivity contribution in [3.8, 4) is 0 Å². The molecule has 0 atom stereocenters. The van der Waals surface area contributed by atoms with Gasteiger partial charge in [0.05, 0.1) is 6.54 Å². The maximum Gasteiger partial charge on any atom is 0.254 e. The quantitative estimate of drug-likeness (QED) is 0.755. The van der Waals surface area contributed by atoms with Gasteiger partial charge in [0.25, 0.3) is 5.91 Å². The van der Waals surface area contributed by atoms with Gasteiger partial charge in [-0.1, -0.05) is 26.0 Å². The van der Waals surface area contributed by atoms with Crippen molar-refractivity contribution < 1.29 is 9.59 Å². The third-order valence-corrected chi connectivity index (χ3v) is 4.12. The van der Waals surface area contributed by atoms with E-state index in [1.54, 1.807) is 11.9 Å². The van der Waals surface area contributed by atoms with Crippen LogP contribution in [0.5, 0.6) is 0 Å². The molecule has 134 valence electrons. The summed E-state index contributed by atoms with van der Waals surface area (Å²) < 4.78 is 0. The van der Waals surface area contributed by atoms with E-state index in [2.05, 4.69) is 31.0 Å². The molecule has 0 aliphatic heterocycles. The van der Waals surface area contributed by atoms with Crippen molar-refractivity contribution in [2.24, 2.45) is 0 Å². The van der Waals surface area contributed by atoms with Crippen molar-refractivity contribution in [2.75, 3.05) is 26.7 Å². The van der Waals surface area contributed by atoms with Gasteiger partial charge in [-0.15, -0.1) is 0 Å². The molecule has 24 heavy (non-hydrogen) atoms. The zero-order chi connectivity index (χ0) is 18.1. The smallest absolute Gasteiger partial charge is 0.254 e. The van der Waals surface area contributed by atoms with Crippen LogP contribution in [0.15, 0.2) is 24.3 Å². The number of nitrogens with zero attached hydrogens (tertiary/aromatic N) is 2. The lowest BCUT2D eigenvalue weighted by Gasteiger charge is -2.25. The average Bonchev–Trinajstić information content (AvgIpc) is 2.58. The van der Waals surface area contributed by atoms with Crippen LogP contribution in [0.3, 0.4) is 0 Å². The number of carbonyl (C=O) groups excluding carboxylic acids is 2. The van der Waals surface area contributed by atoms with Crippen LogP contribution in [-0.2, 0) is 11.3 Å². The number of nitrogens with one attached hydrogen (secondary N) is 1. The minimum absolute atomic E-state index is 0.0943. The Hall–Kier alpha value is -1.88. The normalized spacial score (nSPS) is 11.0. The summed E-state index contributed by atoms with van der Waals surface area (Å²) in [6.45, 7) is 11.1. The van der Waals surface area contributed by atoms with Crippen molar-refractivity contribution in [3.05, 3.63) is 35.4 Å². The second-order valence-corrected chi connectivity index (χ2v) is 6.25. The lowest BCUT2D eigenvalue weighted by Crippen LogP contribution is -2.40.